The van der Waals surface area contributed by atoms with Gasteiger partial charge in [0.1, 0.15) is 15.6 Å². The summed E-state index contributed by atoms with van der Waals surface area (Å²) in [6.07, 6.45) is 3.25. The second-order valence-electron chi connectivity index (χ2n) is 7.70. The average molecular weight is 456 g/mol. The predicted molar refractivity (Wildman–Crippen MR) is 101 cm³/mol. The van der Waals surface area contributed by atoms with Gasteiger partial charge in [-0.2, -0.15) is 13.2 Å². The van der Waals surface area contributed by atoms with Crippen LogP contribution in [0.25, 0.3) is 0 Å². The van der Waals surface area contributed by atoms with Crippen molar-refractivity contribution in [2.75, 3.05) is 31.7 Å². The third kappa shape index (κ3) is 6.67. The number of aliphatic carboxylic acids is 1. The molecule has 1 aliphatic carbocycles. The lowest BCUT2D eigenvalue weighted by Crippen LogP contribution is -2.56. The number of carboxylic acid groups (broad SMARTS) is 1. The summed E-state index contributed by atoms with van der Waals surface area (Å²) in [4.78, 5) is 15.8. The largest absolute Gasteiger partial charge is 0.490 e. The number of carbonyl (C=O) groups is 1. The number of alkyl halides is 3. The fourth-order valence-electron chi connectivity index (χ4n) is 3.92. The van der Waals surface area contributed by atoms with E-state index in [2.05, 4.69) is 9.88 Å². The Labute approximate surface area is 173 Å². The van der Waals surface area contributed by atoms with E-state index in [-0.39, 0.29) is 17.4 Å². The number of morpholine rings is 1. The molecule has 0 aromatic carbocycles. The Morgan fingerprint density at radius 1 is 1.33 bits per heavy atom. The van der Waals surface area contributed by atoms with Crippen LogP contribution < -0.4 is 0 Å². The van der Waals surface area contributed by atoms with Crippen molar-refractivity contribution in [3.8, 4) is 0 Å². The number of hydrogen-bond donors (Lipinski definition) is 1. The Morgan fingerprint density at radius 3 is 2.40 bits per heavy atom. The first kappa shape index (κ1) is 24.6. The molecule has 0 amide bonds. The van der Waals surface area contributed by atoms with Crippen LogP contribution in [0.2, 0.25) is 0 Å². The molecule has 172 valence electrons. The highest BCUT2D eigenvalue weighted by atomic mass is 32.2. The Bertz CT molecular complexity index is 818. The smallest absolute Gasteiger partial charge is 0.475 e. The van der Waals surface area contributed by atoms with Crippen LogP contribution in [-0.2, 0) is 24.9 Å². The van der Waals surface area contributed by atoms with Crippen LogP contribution in [0.4, 0.5) is 13.2 Å². The summed E-state index contributed by atoms with van der Waals surface area (Å²) >= 11 is 0. The van der Waals surface area contributed by atoms with Gasteiger partial charge in [0, 0.05) is 19.3 Å². The number of oxazole rings is 1. The summed E-state index contributed by atoms with van der Waals surface area (Å²) in [5.74, 6) is -1.07. The number of halogens is 3. The Kier molecular flexibility index (Phi) is 7.91. The molecule has 3 rings (SSSR count). The molecule has 1 N–H and O–H groups in total. The Morgan fingerprint density at radius 2 is 1.93 bits per heavy atom. The Hall–Kier alpha value is -1.66. The van der Waals surface area contributed by atoms with E-state index in [0.717, 1.165) is 43.9 Å². The quantitative estimate of drug-likeness (QED) is 0.736. The molecule has 2 aliphatic rings. The number of aryl methyl sites for hydroxylation is 1. The molecular formula is C18H27F3N2O6S. The number of nitrogens with zero attached hydrogens (tertiary/aromatic N) is 2. The summed E-state index contributed by atoms with van der Waals surface area (Å²) in [6.45, 7) is 3.89. The molecule has 1 aromatic heterocycles. The highest BCUT2D eigenvalue weighted by Gasteiger charge is 2.45. The summed E-state index contributed by atoms with van der Waals surface area (Å²) in [5.41, 5.74) is -0.202. The monoisotopic (exact) mass is 456 g/mol. The summed E-state index contributed by atoms with van der Waals surface area (Å²) in [7, 11) is -3.05. The average Bonchev–Trinajstić information content (AvgIpc) is 3.08. The zero-order chi connectivity index (χ0) is 22.6. The van der Waals surface area contributed by atoms with Crippen LogP contribution in [0, 0.1) is 6.92 Å². The van der Waals surface area contributed by atoms with Gasteiger partial charge in [0.25, 0.3) is 0 Å². The first-order valence-electron chi connectivity index (χ1n) is 9.61. The highest BCUT2D eigenvalue weighted by molar-refractivity contribution is 7.90. The molecule has 2 fully saturated rings. The van der Waals surface area contributed by atoms with Gasteiger partial charge in [0.15, 0.2) is 0 Å². The second-order valence-corrected chi connectivity index (χ2v) is 9.89. The fourth-order valence-corrected chi connectivity index (χ4v) is 4.80. The molecule has 1 saturated carbocycles. The second kappa shape index (κ2) is 9.65. The van der Waals surface area contributed by atoms with Gasteiger partial charge in [0.05, 0.1) is 30.2 Å². The zero-order valence-corrected chi connectivity index (χ0v) is 17.8. The molecule has 2 heterocycles. The van der Waals surface area contributed by atoms with Crippen molar-refractivity contribution < 1.29 is 40.6 Å². The van der Waals surface area contributed by atoms with Crippen molar-refractivity contribution in [2.45, 2.75) is 56.8 Å². The lowest BCUT2D eigenvalue weighted by Gasteiger charge is -2.47. The number of ether oxygens (including phenoxy) is 1. The van der Waals surface area contributed by atoms with Crippen molar-refractivity contribution in [3.63, 3.8) is 0 Å². The van der Waals surface area contributed by atoms with E-state index in [9.17, 15) is 21.6 Å². The maximum Gasteiger partial charge on any atom is 0.490 e. The third-order valence-corrected chi connectivity index (χ3v) is 6.15. The van der Waals surface area contributed by atoms with E-state index in [4.69, 9.17) is 19.1 Å². The maximum atomic E-state index is 11.6. The molecule has 12 heteroatoms. The van der Waals surface area contributed by atoms with Crippen molar-refractivity contribution in [2.24, 2.45) is 0 Å². The zero-order valence-electron chi connectivity index (χ0n) is 16.9. The number of rotatable bonds is 4. The first-order valence-corrected chi connectivity index (χ1v) is 11.7. The minimum atomic E-state index is -5.08. The van der Waals surface area contributed by atoms with Crippen molar-refractivity contribution in [1.82, 2.24) is 9.88 Å². The van der Waals surface area contributed by atoms with Crippen molar-refractivity contribution >= 4 is 15.8 Å². The van der Waals surface area contributed by atoms with Crippen LogP contribution >= 0.6 is 0 Å². The van der Waals surface area contributed by atoms with E-state index in [0.29, 0.717) is 13.2 Å². The number of sulfone groups is 1. The van der Waals surface area contributed by atoms with Crippen LogP contribution in [0.5, 0.6) is 0 Å². The number of hydrogen-bond acceptors (Lipinski definition) is 7. The van der Waals surface area contributed by atoms with Gasteiger partial charge in [-0.1, -0.05) is 19.3 Å². The lowest BCUT2D eigenvalue weighted by molar-refractivity contribution is -0.192. The minimum Gasteiger partial charge on any atom is -0.475 e. The predicted octanol–water partition coefficient (Wildman–Crippen LogP) is 2.52. The van der Waals surface area contributed by atoms with Gasteiger partial charge in [-0.15, -0.1) is 0 Å². The van der Waals surface area contributed by atoms with Gasteiger partial charge >= 0.3 is 12.1 Å². The fraction of sp³-hybridized carbons (Fsp3) is 0.778. The molecule has 1 atom stereocenters. The molecular weight excluding hydrogens is 429 g/mol. The molecule has 0 spiro atoms. The van der Waals surface area contributed by atoms with E-state index < -0.39 is 22.0 Å². The summed E-state index contributed by atoms with van der Waals surface area (Å²) in [6, 6.07) is 0. The van der Waals surface area contributed by atoms with Gasteiger partial charge in [-0.3, -0.25) is 4.90 Å². The molecule has 1 aromatic rings. The van der Waals surface area contributed by atoms with E-state index in [1.807, 2.05) is 6.92 Å². The Balaban J connectivity index is 0.000000396. The molecule has 0 radical (unpaired) electrons. The first-order chi connectivity index (χ1) is 13.8. The SMILES string of the molecule is Cc1cnc(C2(N3CCOC(CS(C)(=O)=O)C3)CCCCC2)o1.O=C(O)C(F)(F)F. The molecule has 1 aliphatic heterocycles. The van der Waals surface area contributed by atoms with Gasteiger partial charge in [-0.25, -0.2) is 18.2 Å². The standard InChI is InChI=1S/C16H26N2O4S.C2HF3O2/c1-13-10-17-15(22-13)16(6-4-3-5-7-16)18-8-9-21-14(11-18)12-23(2,19)20;3-2(4,5)1(6)7/h10,14H,3-9,11-12H2,1-2H3;(H,6,7). The van der Waals surface area contributed by atoms with Gasteiger partial charge in [0.2, 0.25) is 5.89 Å². The normalized spacial score (nSPS) is 22.8. The summed E-state index contributed by atoms with van der Waals surface area (Å²) < 4.78 is 66.5. The van der Waals surface area contributed by atoms with Crippen LogP contribution in [0.15, 0.2) is 10.6 Å². The molecule has 1 saturated heterocycles. The highest BCUT2D eigenvalue weighted by Crippen LogP contribution is 2.42. The van der Waals surface area contributed by atoms with E-state index >= 15 is 0 Å². The molecule has 0 bridgehead atoms. The van der Waals surface area contributed by atoms with Crippen LogP contribution in [0.1, 0.15) is 43.8 Å². The number of carboxylic acids is 1. The lowest BCUT2D eigenvalue weighted by atomic mass is 9.79. The van der Waals surface area contributed by atoms with E-state index in [1.54, 1.807) is 6.20 Å². The topological polar surface area (TPSA) is 110 Å². The van der Waals surface area contributed by atoms with Crippen LogP contribution in [0.3, 0.4) is 0 Å². The van der Waals surface area contributed by atoms with Gasteiger partial charge in [-0.05, 0) is 19.8 Å². The van der Waals surface area contributed by atoms with Crippen molar-refractivity contribution in [1.29, 1.82) is 0 Å². The van der Waals surface area contributed by atoms with Crippen LogP contribution in [-0.4, -0.2) is 73.4 Å². The van der Waals surface area contributed by atoms with Gasteiger partial charge < -0.3 is 14.3 Å². The summed E-state index contributed by atoms with van der Waals surface area (Å²) in [5, 5.41) is 7.12. The van der Waals surface area contributed by atoms with E-state index in [1.165, 1.54) is 12.7 Å². The maximum absolute atomic E-state index is 11.6. The number of aromatic nitrogens is 1. The molecule has 1 unspecified atom stereocenters. The molecule has 30 heavy (non-hydrogen) atoms. The minimum absolute atomic E-state index is 0.0736. The van der Waals surface area contributed by atoms with Crippen molar-refractivity contribution in [3.05, 3.63) is 17.8 Å². The molecule has 8 nitrogen and oxygen atoms in total. The third-order valence-electron chi connectivity index (χ3n) is 5.18.